The van der Waals surface area contributed by atoms with Crippen LogP contribution >= 0.6 is 15.9 Å². The molecule has 0 saturated carbocycles. The van der Waals surface area contributed by atoms with Crippen LogP contribution in [0, 0.1) is 0 Å². The van der Waals surface area contributed by atoms with Gasteiger partial charge in [0, 0.05) is 11.0 Å². The molecule has 1 unspecified atom stereocenters. The lowest BCUT2D eigenvalue weighted by Crippen LogP contribution is -2.20. The van der Waals surface area contributed by atoms with Crippen LogP contribution in [0.1, 0.15) is 17.3 Å². The van der Waals surface area contributed by atoms with E-state index >= 15 is 0 Å². The Morgan fingerprint density at radius 1 is 1.41 bits per heavy atom. The van der Waals surface area contributed by atoms with Gasteiger partial charge < -0.3 is 5.32 Å². The molecule has 1 N–H and O–H groups in total. The number of hydrogen-bond acceptors (Lipinski definition) is 4. The minimum absolute atomic E-state index is 0.101. The van der Waals surface area contributed by atoms with Gasteiger partial charge in [0.2, 0.25) is 0 Å². The van der Waals surface area contributed by atoms with Crippen molar-refractivity contribution in [2.75, 3.05) is 13.6 Å². The van der Waals surface area contributed by atoms with Gasteiger partial charge in [-0.05, 0) is 23.9 Å². The van der Waals surface area contributed by atoms with Crippen molar-refractivity contribution in [3.8, 4) is 0 Å². The smallest absolute Gasteiger partial charge is 0.183 e. The molecule has 0 aliphatic carbocycles. The van der Waals surface area contributed by atoms with Gasteiger partial charge in [-0.1, -0.05) is 34.1 Å². The number of likely N-dealkylation sites (N-methyl/N-ethyl adjacent to an activating group) is 1. The Kier molecular flexibility index (Phi) is 3.86. The van der Waals surface area contributed by atoms with Crippen molar-refractivity contribution in [2.24, 2.45) is 7.05 Å². The number of rotatable bonds is 4. The predicted octanol–water partition coefficient (Wildman–Crippen LogP) is 1.32. The molecule has 90 valence electrons. The van der Waals surface area contributed by atoms with Crippen molar-refractivity contribution in [1.82, 2.24) is 25.5 Å². The third-order valence-corrected chi connectivity index (χ3v) is 3.25. The summed E-state index contributed by atoms with van der Waals surface area (Å²) < 4.78 is 1.06. The van der Waals surface area contributed by atoms with E-state index in [9.17, 15) is 0 Å². The molecule has 0 bridgehead atoms. The molecular weight excluding hydrogens is 282 g/mol. The van der Waals surface area contributed by atoms with Crippen LogP contribution in [0.2, 0.25) is 0 Å². The molecule has 1 atom stereocenters. The summed E-state index contributed by atoms with van der Waals surface area (Å²) in [6, 6.07) is 8.10. The van der Waals surface area contributed by atoms with Gasteiger partial charge in [0.05, 0.1) is 13.0 Å². The van der Waals surface area contributed by atoms with E-state index in [1.54, 1.807) is 7.05 Å². The van der Waals surface area contributed by atoms with Crippen LogP contribution in [-0.4, -0.2) is 33.8 Å². The van der Waals surface area contributed by atoms with Gasteiger partial charge in [-0.15, -0.1) is 10.2 Å². The van der Waals surface area contributed by atoms with Crippen LogP contribution in [-0.2, 0) is 7.05 Å². The molecule has 0 aliphatic rings. The average Bonchev–Trinajstić information content (AvgIpc) is 2.74. The maximum Gasteiger partial charge on any atom is 0.183 e. The number of tetrazole rings is 1. The Labute approximate surface area is 108 Å². The maximum atomic E-state index is 4.28. The lowest BCUT2D eigenvalue weighted by Gasteiger charge is -2.14. The zero-order valence-corrected chi connectivity index (χ0v) is 11.3. The van der Waals surface area contributed by atoms with Crippen molar-refractivity contribution in [2.45, 2.75) is 5.92 Å². The lowest BCUT2D eigenvalue weighted by atomic mass is 9.98. The van der Waals surface area contributed by atoms with E-state index in [4.69, 9.17) is 0 Å². The molecule has 0 radical (unpaired) electrons. The number of halogens is 1. The molecule has 6 heteroatoms. The van der Waals surface area contributed by atoms with Gasteiger partial charge in [-0.3, -0.25) is 0 Å². The second-order valence-corrected chi connectivity index (χ2v) is 4.62. The summed E-state index contributed by atoms with van der Waals surface area (Å²) in [4.78, 5) is 1.48. The topological polar surface area (TPSA) is 55.6 Å². The highest BCUT2D eigenvalue weighted by Crippen LogP contribution is 2.27. The Balaban J connectivity index is 2.39. The van der Waals surface area contributed by atoms with Gasteiger partial charge >= 0.3 is 0 Å². The van der Waals surface area contributed by atoms with Gasteiger partial charge in [-0.2, -0.15) is 4.80 Å². The summed E-state index contributed by atoms with van der Waals surface area (Å²) in [7, 11) is 3.69. The zero-order valence-electron chi connectivity index (χ0n) is 9.76. The van der Waals surface area contributed by atoms with Crippen molar-refractivity contribution in [3.63, 3.8) is 0 Å². The summed E-state index contributed by atoms with van der Waals surface area (Å²) in [6.07, 6.45) is 0. The minimum atomic E-state index is 0.101. The fraction of sp³-hybridized carbons (Fsp3) is 0.364. The molecule has 0 saturated heterocycles. The van der Waals surface area contributed by atoms with E-state index in [0.717, 1.165) is 22.4 Å². The van der Waals surface area contributed by atoms with Crippen molar-refractivity contribution < 1.29 is 0 Å². The number of aryl methyl sites for hydroxylation is 1. The Morgan fingerprint density at radius 3 is 2.76 bits per heavy atom. The molecule has 0 fully saturated rings. The second-order valence-electron chi connectivity index (χ2n) is 3.77. The van der Waals surface area contributed by atoms with Gasteiger partial charge in [0.1, 0.15) is 0 Å². The number of nitrogens with one attached hydrogen (secondary N) is 1. The first-order valence-electron chi connectivity index (χ1n) is 5.35. The standard InChI is InChI=1S/C11H14BrN5/c1-13-7-9(11-14-16-17(2)15-11)8-5-3-4-6-10(8)12/h3-6,9,13H,7H2,1-2H3. The van der Waals surface area contributed by atoms with E-state index in [-0.39, 0.29) is 5.92 Å². The van der Waals surface area contributed by atoms with E-state index in [0.29, 0.717) is 0 Å². The molecule has 5 nitrogen and oxygen atoms in total. The van der Waals surface area contributed by atoms with Gasteiger partial charge in [-0.25, -0.2) is 0 Å². The lowest BCUT2D eigenvalue weighted by molar-refractivity contribution is 0.619. The summed E-state index contributed by atoms with van der Waals surface area (Å²) in [5, 5.41) is 15.4. The van der Waals surface area contributed by atoms with E-state index < -0.39 is 0 Å². The largest absolute Gasteiger partial charge is 0.319 e. The maximum absolute atomic E-state index is 4.28. The van der Waals surface area contributed by atoms with E-state index in [1.807, 2.05) is 25.2 Å². The molecule has 0 amide bonds. The van der Waals surface area contributed by atoms with Crippen LogP contribution in [0.15, 0.2) is 28.7 Å². The number of hydrogen-bond donors (Lipinski definition) is 1. The molecular formula is C11H14BrN5. The monoisotopic (exact) mass is 295 g/mol. The normalized spacial score (nSPS) is 12.6. The fourth-order valence-corrected chi connectivity index (χ4v) is 2.30. The minimum Gasteiger partial charge on any atom is -0.319 e. The first-order chi connectivity index (χ1) is 8.22. The SMILES string of the molecule is CNCC(c1nnn(C)n1)c1ccccc1Br. The number of nitrogens with zero attached hydrogens (tertiary/aromatic N) is 4. The Bertz CT molecular complexity index is 496. The Hall–Kier alpha value is -1.27. The van der Waals surface area contributed by atoms with Crippen LogP contribution in [0.5, 0.6) is 0 Å². The molecule has 2 rings (SSSR count). The first-order valence-corrected chi connectivity index (χ1v) is 6.14. The third-order valence-electron chi connectivity index (χ3n) is 2.52. The van der Waals surface area contributed by atoms with Crippen molar-refractivity contribution in [3.05, 3.63) is 40.1 Å². The highest BCUT2D eigenvalue weighted by atomic mass is 79.9. The molecule has 17 heavy (non-hydrogen) atoms. The molecule has 1 heterocycles. The van der Waals surface area contributed by atoms with Crippen LogP contribution in [0.4, 0.5) is 0 Å². The average molecular weight is 296 g/mol. The number of benzene rings is 1. The van der Waals surface area contributed by atoms with E-state index in [1.165, 1.54) is 4.80 Å². The first kappa shape index (κ1) is 12.2. The van der Waals surface area contributed by atoms with Crippen LogP contribution in [0.3, 0.4) is 0 Å². The van der Waals surface area contributed by atoms with Gasteiger partial charge in [0.15, 0.2) is 5.82 Å². The molecule has 0 spiro atoms. The Morgan fingerprint density at radius 2 is 2.18 bits per heavy atom. The highest BCUT2D eigenvalue weighted by molar-refractivity contribution is 9.10. The molecule has 0 aliphatic heterocycles. The molecule has 1 aromatic carbocycles. The summed E-state index contributed by atoms with van der Waals surface area (Å²) >= 11 is 3.56. The molecule has 1 aromatic heterocycles. The predicted molar refractivity (Wildman–Crippen MR) is 68.7 cm³/mol. The molecule has 2 aromatic rings. The highest BCUT2D eigenvalue weighted by Gasteiger charge is 2.20. The summed E-state index contributed by atoms with van der Waals surface area (Å²) in [5.41, 5.74) is 1.16. The second kappa shape index (κ2) is 5.37. The zero-order chi connectivity index (χ0) is 12.3. The fourth-order valence-electron chi connectivity index (χ4n) is 1.74. The quantitative estimate of drug-likeness (QED) is 0.924. The summed E-state index contributed by atoms with van der Waals surface area (Å²) in [6.45, 7) is 0.772. The van der Waals surface area contributed by atoms with Crippen molar-refractivity contribution >= 4 is 15.9 Å². The summed E-state index contributed by atoms with van der Waals surface area (Å²) in [5.74, 6) is 0.832. The number of aromatic nitrogens is 4. The van der Waals surface area contributed by atoms with Crippen LogP contribution in [0.25, 0.3) is 0 Å². The van der Waals surface area contributed by atoms with Crippen LogP contribution < -0.4 is 5.32 Å². The third kappa shape index (κ3) is 2.70. The van der Waals surface area contributed by atoms with Gasteiger partial charge in [0.25, 0.3) is 0 Å². The van der Waals surface area contributed by atoms with E-state index in [2.05, 4.69) is 42.7 Å². The van der Waals surface area contributed by atoms with Crippen molar-refractivity contribution in [1.29, 1.82) is 0 Å².